The van der Waals surface area contributed by atoms with Crippen molar-refractivity contribution in [1.29, 1.82) is 0 Å². The van der Waals surface area contributed by atoms with Crippen molar-refractivity contribution in [2.75, 3.05) is 14.2 Å². The van der Waals surface area contributed by atoms with Crippen LogP contribution in [0.4, 0.5) is 0 Å². The molecule has 0 aliphatic heterocycles. The zero-order valence-corrected chi connectivity index (χ0v) is 14.1. The van der Waals surface area contributed by atoms with Gasteiger partial charge in [0.25, 0.3) is 0 Å². The van der Waals surface area contributed by atoms with Crippen LogP contribution in [0.1, 0.15) is 0 Å². The van der Waals surface area contributed by atoms with Gasteiger partial charge in [-0.1, -0.05) is 6.07 Å². The molecule has 0 fully saturated rings. The first kappa shape index (κ1) is 15.3. The molecule has 0 N–H and O–H groups in total. The monoisotopic (exact) mass is 330 g/mol. The van der Waals surface area contributed by atoms with Gasteiger partial charge in [0.1, 0.15) is 11.5 Å². The van der Waals surface area contributed by atoms with Gasteiger partial charge in [-0.15, -0.1) is 0 Å². The average molecular weight is 330 g/mol. The van der Waals surface area contributed by atoms with E-state index in [1.807, 2.05) is 59.1 Å². The highest BCUT2D eigenvalue weighted by atomic mass is 16.5. The lowest BCUT2D eigenvalue weighted by molar-refractivity contribution is 0.414. The maximum atomic E-state index is 5.24. The molecule has 4 aromatic rings. The summed E-state index contributed by atoms with van der Waals surface area (Å²) in [4.78, 5) is 0. The summed E-state index contributed by atoms with van der Waals surface area (Å²) in [6.07, 6.45) is 0. The molecule has 0 radical (unpaired) electrons. The molecule has 0 spiro atoms. The fourth-order valence-electron chi connectivity index (χ4n) is 2.90. The third-order valence-electron chi connectivity index (χ3n) is 4.26. The molecule has 4 heteroatoms. The molecule has 0 atom stereocenters. The van der Waals surface area contributed by atoms with Gasteiger partial charge in [0.15, 0.2) is 0 Å². The van der Waals surface area contributed by atoms with Crippen molar-refractivity contribution in [3.05, 3.63) is 72.8 Å². The Balaban J connectivity index is 1.79. The Morgan fingerprint density at radius 3 is 1.92 bits per heavy atom. The van der Waals surface area contributed by atoms with Gasteiger partial charge in [-0.05, 0) is 66.7 Å². The zero-order valence-electron chi connectivity index (χ0n) is 14.1. The predicted octanol–water partition coefficient (Wildman–Crippen LogP) is 4.69. The van der Waals surface area contributed by atoms with E-state index in [0.717, 1.165) is 39.5 Å². The summed E-state index contributed by atoms with van der Waals surface area (Å²) in [6, 6.07) is 24.2. The van der Waals surface area contributed by atoms with E-state index in [-0.39, 0.29) is 0 Å². The lowest BCUT2D eigenvalue weighted by Gasteiger charge is -2.06. The van der Waals surface area contributed by atoms with Crippen LogP contribution in [-0.4, -0.2) is 23.8 Å². The van der Waals surface area contributed by atoms with Crippen molar-refractivity contribution in [1.82, 2.24) is 9.61 Å². The second kappa shape index (κ2) is 6.32. The van der Waals surface area contributed by atoms with Crippen LogP contribution < -0.4 is 9.47 Å². The fraction of sp³-hybridized carbons (Fsp3) is 0.0952. The summed E-state index contributed by atoms with van der Waals surface area (Å²) in [5.74, 6) is 1.68. The Labute approximate surface area is 146 Å². The normalized spacial score (nSPS) is 10.8. The van der Waals surface area contributed by atoms with Crippen LogP contribution in [0, 0.1) is 0 Å². The van der Waals surface area contributed by atoms with Gasteiger partial charge in [-0.3, -0.25) is 0 Å². The van der Waals surface area contributed by atoms with Gasteiger partial charge in [0, 0.05) is 11.1 Å². The molecule has 0 aliphatic carbocycles. The number of rotatable bonds is 4. The number of benzene rings is 2. The minimum atomic E-state index is 0.839. The number of methoxy groups -OCH3 is 2. The van der Waals surface area contributed by atoms with Crippen LogP contribution in [0.5, 0.6) is 11.5 Å². The summed E-state index contributed by atoms with van der Waals surface area (Å²) in [6.45, 7) is 0. The SMILES string of the molecule is COc1ccc(-c2cc3cccc(-c4ccc(OC)cc4)n3n2)cc1. The standard InChI is InChI=1S/C21H18N2O2/c1-24-18-10-6-15(7-11-18)20-14-17-4-3-5-21(23(17)22-20)16-8-12-19(25-2)13-9-16/h3-14H,1-2H3. The number of hydrogen-bond acceptors (Lipinski definition) is 3. The molecule has 4 nitrogen and oxygen atoms in total. The van der Waals surface area contributed by atoms with Crippen LogP contribution in [0.2, 0.25) is 0 Å². The van der Waals surface area contributed by atoms with Crippen LogP contribution in [-0.2, 0) is 0 Å². The summed E-state index contributed by atoms with van der Waals surface area (Å²) >= 11 is 0. The van der Waals surface area contributed by atoms with E-state index < -0.39 is 0 Å². The van der Waals surface area contributed by atoms with E-state index in [1.165, 1.54) is 0 Å². The summed E-state index contributed by atoms with van der Waals surface area (Å²) in [5.41, 5.74) is 5.18. The van der Waals surface area contributed by atoms with E-state index in [4.69, 9.17) is 14.6 Å². The summed E-state index contributed by atoms with van der Waals surface area (Å²) < 4.78 is 12.4. The molecule has 2 heterocycles. The van der Waals surface area contributed by atoms with E-state index in [0.29, 0.717) is 0 Å². The van der Waals surface area contributed by atoms with Gasteiger partial charge < -0.3 is 9.47 Å². The number of ether oxygens (including phenoxy) is 2. The van der Waals surface area contributed by atoms with E-state index in [9.17, 15) is 0 Å². The van der Waals surface area contributed by atoms with Crippen molar-refractivity contribution >= 4 is 5.52 Å². The van der Waals surface area contributed by atoms with Crippen molar-refractivity contribution < 1.29 is 9.47 Å². The molecular formula is C21H18N2O2. The molecule has 2 aromatic heterocycles. The van der Waals surface area contributed by atoms with Crippen LogP contribution in [0.25, 0.3) is 28.0 Å². The van der Waals surface area contributed by atoms with E-state index in [2.05, 4.69) is 18.2 Å². The Morgan fingerprint density at radius 1 is 0.720 bits per heavy atom. The first-order valence-corrected chi connectivity index (χ1v) is 8.06. The third-order valence-corrected chi connectivity index (χ3v) is 4.26. The van der Waals surface area contributed by atoms with E-state index >= 15 is 0 Å². The first-order valence-electron chi connectivity index (χ1n) is 8.06. The van der Waals surface area contributed by atoms with Crippen molar-refractivity contribution in [3.63, 3.8) is 0 Å². The van der Waals surface area contributed by atoms with Gasteiger partial charge in [-0.2, -0.15) is 5.10 Å². The highest BCUT2D eigenvalue weighted by Gasteiger charge is 2.09. The third kappa shape index (κ3) is 2.83. The Kier molecular flexibility index (Phi) is 3.86. The van der Waals surface area contributed by atoms with Gasteiger partial charge >= 0.3 is 0 Å². The number of aromatic nitrogens is 2. The smallest absolute Gasteiger partial charge is 0.118 e. The molecule has 124 valence electrons. The van der Waals surface area contributed by atoms with Crippen LogP contribution in [0.3, 0.4) is 0 Å². The Hall–Kier alpha value is -3.27. The first-order chi connectivity index (χ1) is 12.3. The van der Waals surface area contributed by atoms with Crippen molar-refractivity contribution in [2.45, 2.75) is 0 Å². The second-order valence-electron chi connectivity index (χ2n) is 5.73. The van der Waals surface area contributed by atoms with Gasteiger partial charge in [0.2, 0.25) is 0 Å². The molecule has 0 saturated heterocycles. The summed E-state index contributed by atoms with van der Waals surface area (Å²) in [7, 11) is 3.34. The molecule has 0 aliphatic rings. The highest BCUT2D eigenvalue weighted by molar-refractivity contribution is 5.71. The largest absolute Gasteiger partial charge is 0.497 e. The average Bonchev–Trinajstić information content (AvgIpc) is 3.12. The maximum Gasteiger partial charge on any atom is 0.118 e. The highest BCUT2D eigenvalue weighted by Crippen LogP contribution is 2.27. The van der Waals surface area contributed by atoms with Crippen LogP contribution in [0.15, 0.2) is 72.8 Å². The Bertz CT molecular complexity index is 1000. The zero-order chi connectivity index (χ0) is 17.2. The second-order valence-corrected chi connectivity index (χ2v) is 5.73. The Morgan fingerprint density at radius 2 is 1.32 bits per heavy atom. The molecule has 0 unspecified atom stereocenters. The van der Waals surface area contributed by atoms with Crippen LogP contribution >= 0.6 is 0 Å². The molecule has 4 rings (SSSR count). The van der Waals surface area contributed by atoms with Gasteiger partial charge in [-0.25, -0.2) is 4.52 Å². The topological polar surface area (TPSA) is 35.8 Å². The lowest BCUT2D eigenvalue weighted by atomic mass is 10.1. The summed E-state index contributed by atoms with van der Waals surface area (Å²) in [5, 5.41) is 4.80. The number of fused-ring (bicyclic) bond motifs is 1. The molecular weight excluding hydrogens is 312 g/mol. The number of hydrogen-bond donors (Lipinski definition) is 0. The fourth-order valence-corrected chi connectivity index (χ4v) is 2.90. The number of pyridine rings is 1. The molecule has 25 heavy (non-hydrogen) atoms. The van der Waals surface area contributed by atoms with E-state index in [1.54, 1.807) is 14.2 Å². The van der Waals surface area contributed by atoms with Crippen molar-refractivity contribution in [3.8, 4) is 34.0 Å². The molecule has 0 amide bonds. The predicted molar refractivity (Wildman–Crippen MR) is 99.2 cm³/mol. The molecule has 2 aromatic carbocycles. The van der Waals surface area contributed by atoms with Crippen molar-refractivity contribution in [2.24, 2.45) is 0 Å². The minimum absolute atomic E-state index is 0.839. The number of nitrogens with zero attached hydrogens (tertiary/aromatic N) is 2. The van der Waals surface area contributed by atoms with Gasteiger partial charge in [0.05, 0.1) is 31.1 Å². The molecule has 0 bridgehead atoms. The lowest BCUT2D eigenvalue weighted by Crippen LogP contribution is -1.94. The minimum Gasteiger partial charge on any atom is -0.497 e. The maximum absolute atomic E-state index is 5.24. The quantitative estimate of drug-likeness (QED) is 0.545. The molecule has 0 saturated carbocycles.